The minimum Gasteiger partial charge on any atom is -0.362 e. The second kappa shape index (κ2) is 9.97. The predicted octanol–water partition coefficient (Wildman–Crippen LogP) is 5.49. The zero-order valence-corrected chi connectivity index (χ0v) is 16.8. The third kappa shape index (κ3) is 6.38. The van der Waals surface area contributed by atoms with Crippen molar-refractivity contribution in [3.8, 4) is 0 Å². The second-order valence-electron chi connectivity index (χ2n) is 5.62. The summed E-state index contributed by atoms with van der Waals surface area (Å²) in [6.07, 6.45) is 3.24. The van der Waals surface area contributed by atoms with Crippen molar-refractivity contribution in [2.75, 3.05) is 23.9 Å². The Morgan fingerprint density at radius 1 is 1.08 bits per heavy atom. The Bertz CT molecular complexity index is 669. The first-order chi connectivity index (χ1) is 11.6. The van der Waals surface area contributed by atoms with Crippen molar-refractivity contribution in [3.05, 3.63) is 53.6 Å². The minimum atomic E-state index is 0.686. The Labute approximate surface area is 159 Å². The molecule has 0 spiro atoms. The zero-order valence-electron chi connectivity index (χ0n) is 14.4. The first kappa shape index (κ1) is 19.2. The normalized spacial score (nSPS) is 10.5. The molecular formula is C19H24N2S3. The Balaban J connectivity index is 1.88. The van der Waals surface area contributed by atoms with Gasteiger partial charge in [-0.15, -0.1) is 0 Å². The van der Waals surface area contributed by atoms with Crippen molar-refractivity contribution in [2.45, 2.75) is 30.1 Å². The van der Waals surface area contributed by atoms with Gasteiger partial charge in [0.15, 0.2) is 5.11 Å². The van der Waals surface area contributed by atoms with E-state index in [9.17, 15) is 0 Å². The molecule has 0 atom stereocenters. The molecule has 0 aliphatic carbocycles. The highest BCUT2D eigenvalue weighted by Gasteiger charge is 2.03. The van der Waals surface area contributed by atoms with E-state index in [0.717, 1.165) is 24.4 Å². The summed E-state index contributed by atoms with van der Waals surface area (Å²) in [7, 11) is 0. The number of benzene rings is 2. The topological polar surface area (TPSA) is 24.1 Å². The monoisotopic (exact) mass is 376 g/mol. The van der Waals surface area contributed by atoms with Crippen molar-refractivity contribution < 1.29 is 0 Å². The third-order valence-electron chi connectivity index (χ3n) is 3.49. The summed E-state index contributed by atoms with van der Waals surface area (Å²) in [6.45, 7) is 5.19. The van der Waals surface area contributed by atoms with Crippen LogP contribution in [0.4, 0.5) is 5.69 Å². The molecule has 2 aromatic carbocycles. The molecule has 2 rings (SSSR count). The summed E-state index contributed by atoms with van der Waals surface area (Å²) in [4.78, 5) is 2.54. The van der Waals surface area contributed by atoms with E-state index in [-0.39, 0.29) is 0 Å². The summed E-state index contributed by atoms with van der Waals surface area (Å²) < 4.78 is 0. The quantitative estimate of drug-likeness (QED) is 0.491. The fourth-order valence-corrected chi connectivity index (χ4v) is 3.80. The van der Waals surface area contributed by atoms with Crippen LogP contribution in [0.2, 0.25) is 0 Å². The second-order valence-corrected chi connectivity index (χ2v) is 8.13. The molecule has 0 saturated carbocycles. The van der Waals surface area contributed by atoms with Gasteiger partial charge in [-0.25, -0.2) is 0 Å². The molecular weight excluding hydrogens is 352 g/mol. The molecule has 0 aliphatic heterocycles. The van der Waals surface area contributed by atoms with Crippen LogP contribution in [0.25, 0.3) is 0 Å². The van der Waals surface area contributed by atoms with Crippen molar-refractivity contribution in [3.63, 3.8) is 0 Å². The van der Waals surface area contributed by atoms with Gasteiger partial charge in [-0.2, -0.15) is 11.8 Å². The number of anilines is 1. The molecule has 128 valence electrons. The van der Waals surface area contributed by atoms with Crippen LogP contribution in [-0.4, -0.2) is 23.7 Å². The molecule has 0 radical (unpaired) electrons. The Morgan fingerprint density at radius 2 is 1.83 bits per heavy atom. The zero-order chi connectivity index (χ0) is 17.4. The third-order valence-corrected chi connectivity index (χ3v) is 5.61. The van der Waals surface area contributed by atoms with Gasteiger partial charge in [0.1, 0.15) is 0 Å². The lowest BCUT2D eigenvalue weighted by molar-refractivity contribution is 0.855. The molecule has 0 amide bonds. The van der Waals surface area contributed by atoms with Crippen LogP contribution >= 0.6 is 35.7 Å². The molecule has 0 bridgehead atoms. The van der Waals surface area contributed by atoms with E-state index in [1.165, 1.54) is 20.9 Å². The van der Waals surface area contributed by atoms with E-state index in [0.29, 0.717) is 5.11 Å². The van der Waals surface area contributed by atoms with Gasteiger partial charge in [-0.1, -0.05) is 23.9 Å². The number of hydrogen-bond acceptors (Lipinski definition) is 3. The average Bonchev–Trinajstić information content (AvgIpc) is 2.57. The molecule has 2 nitrogen and oxygen atoms in total. The smallest absolute Gasteiger partial charge is 0.170 e. The number of aryl methyl sites for hydroxylation is 2. The fourth-order valence-electron chi connectivity index (χ4n) is 2.14. The van der Waals surface area contributed by atoms with E-state index in [4.69, 9.17) is 12.2 Å². The maximum Gasteiger partial charge on any atom is 0.170 e. The van der Waals surface area contributed by atoms with E-state index in [2.05, 4.69) is 73.2 Å². The first-order valence-corrected chi connectivity index (χ1v) is 10.6. The Hall–Kier alpha value is -1.17. The number of thioether (sulfide) groups is 1. The predicted molar refractivity (Wildman–Crippen MR) is 114 cm³/mol. The molecule has 24 heavy (non-hydrogen) atoms. The molecule has 2 aromatic rings. The van der Waals surface area contributed by atoms with E-state index in [1.807, 2.05) is 11.8 Å². The number of hydrogen-bond donors (Lipinski definition) is 2. The van der Waals surface area contributed by atoms with Crippen LogP contribution in [0.5, 0.6) is 0 Å². The van der Waals surface area contributed by atoms with Crippen LogP contribution < -0.4 is 10.6 Å². The highest BCUT2D eigenvalue weighted by molar-refractivity contribution is 7.99. The van der Waals surface area contributed by atoms with Gasteiger partial charge in [0.2, 0.25) is 0 Å². The lowest BCUT2D eigenvalue weighted by atomic mass is 10.2. The largest absolute Gasteiger partial charge is 0.362 e. The lowest BCUT2D eigenvalue weighted by Gasteiger charge is -2.11. The maximum atomic E-state index is 5.32. The van der Waals surface area contributed by atoms with Crippen LogP contribution in [0, 0.1) is 13.8 Å². The van der Waals surface area contributed by atoms with Crippen LogP contribution in [-0.2, 0) is 0 Å². The standard InChI is InChI=1S/C19H24N2S3/c1-14-5-6-15(2)18(13-14)24-17-9-7-16(8-10-17)21-19(22)20-11-4-12-23-3/h5-10,13H,4,11-12H2,1-3H3,(H2,20,21,22). The molecule has 0 fully saturated rings. The minimum absolute atomic E-state index is 0.686. The summed E-state index contributed by atoms with van der Waals surface area (Å²) in [5.41, 5.74) is 3.62. The van der Waals surface area contributed by atoms with Gasteiger partial charge in [0.25, 0.3) is 0 Å². The average molecular weight is 377 g/mol. The highest BCUT2D eigenvalue weighted by Crippen LogP contribution is 2.31. The molecule has 0 unspecified atom stereocenters. The van der Waals surface area contributed by atoms with Crippen LogP contribution in [0.3, 0.4) is 0 Å². The van der Waals surface area contributed by atoms with Gasteiger partial charge in [-0.05, 0) is 86.0 Å². The number of thiocarbonyl (C=S) groups is 1. The molecule has 0 heterocycles. The lowest BCUT2D eigenvalue weighted by Crippen LogP contribution is -2.29. The molecule has 0 aromatic heterocycles. The Morgan fingerprint density at radius 3 is 2.54 bits per heavy atom. The van der Waals surface area contributed by atoms with Gasteiger partial charge >= 0.3 is 0 Å². The van der Waals surface area contributed by atoms with E-state index >= 15 is 0 Å². The molecule has 2 N–H and O–H groups in total. The highest BCUT2D eigenvalue weighted by atomic mass is 32.2. The number of rotatable bonds is 7. The van der Waals surface area contributed by atoms with Gasteiger partial charge in [0.05, 0.1) is 0 Å². The summed E-state index contributed by atoms with van der Waals surface area (Å²) in [5, 5.41) is 7.16. The van der Waals surface area contributed by atoms with E-state index in [1.54, 1.807) is 11.8 Å². The first-order valence-electron chi connectivity index (χ1n) is 7.97. The summed E-state index contributed by atoms with van der Waals surface area (Å²) in [6, 6.07) is 15.0. The summed E-state index contributed by atoms with van der Waals surface area (Å²) in [5.74, 6) is 1.15. The van der Waals surface area contributed by atoms with Gasteiger partial charge in [-0.3, -0.25) is 0 Å². The molecule has 0 saturated heterocycles. The molecule has 5 heteroatoms. The maximum absolute atomic E-state index is 5.32. The number of nitrogens with one attached hydrogen (secondary N) is 2. The van der Waals surface area contributed by atoms with Gasteiger partial charge < -0.3 is 10.6 Å². The molecule has 0 aliphatic rings. The van der Waals surface area contributed by atoms with Crippen LogP contribution in [0.15, 0.2) is 52.3 Å². The van der Waals surface area contributed by atoms with Crippen LogP contribution in [0.1, 0.15) is 17.5 Å². The van der Waals surface area contributed by atoms with Crippen molar-refractivity contribution in [2.24, 2.45) is 0 Å². The van der Waals surface area contributed by atoms with Crippen molar-refractivity contribution in [1.29, 1.82) is 0 Å². The van der Waals surface area contributed by atoms with Gasteiger partial charge in [0, 0.05) is 22.0 Å². The SMILES string of the molecule is CSCCCNC(=S)Nc1ccc(Sc2cc(C)ccc2C)cc1. The fraction of sp³-hybridized carbons (Fsp3) is 0.316. The van der Waals surface area contributed by atoms with Crippen molar-refractivity contribution in [1.82, 2.24) is 5.32 Å². The van der Waals surface area contributed by atoms with E-state index < -0.39 is 0 Å². The Kier molecular flexibility index (Phi) is 7.95. The van der Waals surface area contributed by atoms with Crippen molar-refractivity contribution >= 4 is 46.5 Å². The summed E-state index contributed by atoms with van der Waals surface area (Å²) >= 11 is 8.97.